The van der Waals surface area contributed by atoms with E-state index in [4.69, 9.17) is 4.74 Å². The molecule has 1 fully saturated rings. The SMILES string of the molecule is C[NH+](CCOc1ccccc1)[C@@H](C(=O)NC1CC1)c1ccccc1. The van der Waals surface area contributed by atoms with E-state index >= 15 is 0 Å². The zero-order valence-corrected chi connectivity index (χ0v) is 14.1. The third-order valence-corrected chi connectivity index (χ3v) is 4.32. The Morgan fingerprint density at radius 2 is 1.75 bits per heavy atom. The van der Waals surface area contributed by atoms with Crippen LogP contribution in [0.25, 0.3) is 0 Å². The Morgan fingerprint density at radius 3 is 2.38 bits per heavy atom. The van der Waals surface area contributed by atoms with E-state index in [-0.39, 0.29) is 11.9 Å². The molecule has 126 valence electrons. The molecule has 2 atom stereocenters. The predicted molar refractivity (Wildman–Crippen MR) is 94.0 cm³/mol. The summed E-state index contributed by atoms with van der Waals surface area (Å²) in [5.41, 5.74) is 1.05. The van der Waals surface area contributed by atoms with Crippen molar-refractivity contribution in [2.75, 3.05) is 20.2 Å². The van der Waals surface area contributed by atoms with Crippen LogP contribution in [0.1, 0.15) is 24.4 Å². The molecule has 0 aromatic heterocycles. The van der Waals surface area contributed by atoms with Crippen molar-refractivity contribution in [3.8, 4) is 5.75 Å². The molecule has 0 heterocycles. The second kappa shape index (κ2) is 7.97. The van der Waals surface area contributed by atoms with Crippen molar-refractivity contribution >= 4 is 5.91 Å². The molecule has 1 aliphatic carbocycles. The van der Waals surface area contributed by atoms with Gasteiger partial charge >= 0.3 is 0 Å². The topological polar surface area (TPSA) is 42.8 Å². The zero-order valence-electron chi connectivity index (χ0n) is 14.1. The van der Waals surface area contributed by atoms with Crippen LogP contribution in [0.4, 0.5) is 0 Å². The first-order chi connectivity index (χ1) is 11.7. The quantitative estimate of drug-likeness (QED) is 0.774. The van der Waals surface area contributed by atoms with Crippen LogP contribution in [-0.2, 0) is 4.79 Å². The average molecular weight is 325 g/mol. The summed E-state index contributed by atoms with van der Waals surface area (Å²) in [6.07, 6.45) is 2.20. The monoisotopic (exact) mass is 325 g/mol. The molecule has 0 aliphatic heterocycles. The van der Waals surface area contributed by atoms with E-state index in [0.717, 1.165) is 35.6 Å². The fourth-order valence-electron chi connectivity index (χ4n) is 2.81. The number of ether oxygens (including phenoxy) is 1. The fraction of sp³-hybridized carbons (Fsp3) is 0.350. The summed E-state index contributed by atoms with van der Waals surface area (Å²) in [6.45, 7) is 1.34. The number of quaternary nitrogens is 1. The summed E-state index contributed by atoms with van der Waals surface area (Å²) in [5, 5.41) is 3.14. The summed E-state index contributed by atoms with van der Waals surface area (Å²) >= 11 is 0. The van der Waals surface area contributed by atoms with Crippen LogP contribution < -0.4 is 15.0 Å². The van der Waals surface area contributed by atoms with E-state index < -0.39 is 0 Å². The molecular formula is C20H25N2O2+. The van der Waals surface area contributed by atoms with E-state index in [2.05, 4.69) is 12.4 Å². The van der Waals surface area contributed by atoms with Gasteiger partial charge in [-0.15, -0.1) is 0 Å². The first-order valence-electron chi connectivity index (χ1n) is 8.59. The summed E-state index contributed by atoms with van der Waals surface area (Å²) in [7, 11) is 2.05. The van der Waals surface area contributed by atoms with Gasteiger partial charge in [-0.2, -0.15) is 0 Å². The second-order valence-corrected chi connectivity index (χ2v) is 6.38. The normalized spacial score (nSPS) is 16.2. The molecule has 24 heavy (non-hydrogen) atoms. The molecule has 1 saturated carbocycles. The van der Waals surface area contributed by atoms with E-state index in [1.807, 2.05) is 60.7 Å². The smallest absolute Gasteiger partial charge is 0.283 e. The van der Waals surface area contributed by atoms with Crippen molar-refractivity contribution in [3.05, 3.63) is 66.2 Å². The maximum absolute atomic E-state index is 12.7. The van der Waals surface area contributed by atoms with E-state index in [9.17, 15) is 4.79 Å². The summed E-state index contributed by atoms with van der Waals surface area (Å²) in [4.78, 5) is 13.8. The van der Waals surface area contributed by atoms with Gasteiger partial charge in [-0.05, 0) is 25.0 Å². The Labute approximate surface area is 143 Å². The molecule has 2 aromatic rings. The highest BCUT2D eigenvalue weighted by molar-refractivity contribution is 5.82. The van der Waals surface area contributed by atoms with Gasteiger partial charge < -0.3 is 15.0 Å². The molecule has 0 bridgehead atoms. The number of rotatable bonds is 8. The van der Waals surface area contributed by atoms with Crippen molar-refractivity contribution in [3.63, 3.8) is 0 Å². The zero-order chi connectivity index (χ0) is 16.8. The van der Waals surface area contributed by atoms with Crippen LogP contribution in [0.2, 0.25) is 0 Å². The molecule has 4 nitrogen and oxygen atoms in total. The van der Waals surface area contributed by atoms with Crippen molar-refractivity contribution in [1.29, 1.82) is 0 Å². The van der Waals surface area contributed by atoms with Gasteiger partial charge in [0.25, 0.3) is 5.91 Å². The van der Waals surface area contributed by atoms with Crippen molar-refractivity contribution in [1.82, 2.24) is 5.32 Å². The molecule has 1 unspecified atom stereocenters. The number of carbonyl (C=O) groups excluding carboxylic acids is 1. The Bertz CT molecular complexity index is 641. The highest BCUT2D eigenvalue weighted by Gasteiger charge is 2.33. The molecule has 2 N–H and O–H groups in total. The van der Waals surface area contributed by atoms with Gasteiger partial charge in [0.15, 0.2) is 6.04 Å². The van der Waals surface area contributed by atoms with Gasteiger partial charge in [-0.25, -0.2) is 0 Å². The lowest BCUT2D eigenvalue weighted by Gasteiger charge is -2.24. The number of hydrogen-bond acceptors (Lipinski definition) is 2. The largest absolute Gasteiger partial charge is 0.488 e. The maximum Gasteiger partial charge on any atom is 0.283 e. The minimum atomic E-state index is -0.203. The first kappa shape index (κ1) is 16.5. The molecule has 4 heteroatoms. The number of hydrogen-bond donors (Lipinski definition) is 2. The van der Waals surface area contributed by atoms with Gasteiger partial charge in [0.2, 0.25) is 0 Å². The number of para-hydroxylation sites is 1. The molecule has 0 saturated heterocycles. The van der Waals surface area contributed by atoms with Crippen molar-refractivity contribution < 1.29 is 14.4 Å². The number of carbonyl (C=O) groups is 1. The highest BCUT2D eigenvalue weighted by atomic mass is 16.5. The molecular weight excluding hydrogens is 300 g/mol. The van der Waals surface area contributed by atoms with Crippen LogP contribution in [0.15, 0.2) is 60.7 Å². The van der Waals surface area contributed by atoms with Gasteiger partial charge in [-0.3, -0.25) is 4.79 Å². The first-order valence-corrected chi connectivity index (χ1v) is 8.59. The fourth-order valence-corrected chi connectivity index (χ4v) is 2.81. The average Bonchev–Trinajstić information content (AvgIpc) is 3.41. The van der Waals surface area contributed by atoms with Crippen LogP contribution in [0.3, 0.4) is 0 Å². The lowest BCUT2D eigenvalue weighted by molar-refractivity contribution is -0.902. The Kier molecular flexibility index (Phi) is 5.49. The van der Waals surface area contributed by atoms with Gasteiger partial charge in [-0.1, -0.05) is 48.5 Å². The number of benzene rings is 2. The molecule has 3 rings (SSSR count). The maximum atomic E-state index is 12.7. The summed E-state index contributed by atoms with van der Waals surface area (Å²) < 4.78 is 5.78. The molecule has 2 aromatic carbocycles. The van der Waals surface area contributed by atoms with Crippen molar-refractivity contribution in [2.45, 2.75) is 24.9 Å². The third kappa shape index (κ3) is 4.59. The third-order valence-electron chi connectivity index (χ3n) is 4.32. The van der Waals surface area contributed by atoms with E-state index in [1.54, 1.807) is 0 Å². The predicted octanol–water partition coefficient (Wildman–Crippen LogP) is 1.60. The molecule has 1 amide bonds. The van der Waals surface area contributed by atoms with Crippen LogP contribution in [0.5, 0.6) is 5.75 Å². The minimum absolute atomic E-state index is 0.112. The molecule has 0 spiro atoms. The highest BCUT2D eigenvalue weighted by Crippen LogP contribution is 2.20. The molecule has 1 aliphatic rings. The lowest BCUT2D eigenvalue weighted by Crippen LogP contribution is -3.11. The van der Waals surface area contributed by atoms with Crippen LogP contribution in [0, 0.1) is 0 Å². The summed E-state index contributed by atoms with van der Waals surface area (Å²) in [5.74, 6) is 0.977. The Morgan fingerprint density at radius 1 is 1.12 bits per heavy atom. The molecule has 0 radical (unpaired) electrons. The lowest BCUT2D eigenvalue weighted by atomic mass is 10.0. The Balaban J connectivity index is 1.61. The Hall–Kier alpha value is -2.33. The van der Waals surface area contributed by atoms with E-state index in [0.29, 0.717) is 12.6 Å². The standard InChI is InChI=1S/C20H24N2O2/c1-22(14-15-24-18-10-6-3-7-11-18)19(16-8-4-2-5-9-16)20(23)21-17-12-13-17/h2-11,17,19H,12-15H2,1H3,(H,21,23)/p+1/t19-/m1/s1. The number of likely N-dealkylation sites (N-methyl/N-ethyl adjacent to an activating group) is 1. The van der Waals surface area contributed by atoms with Crippen LogP contribution >= 0.6 is 0 Å². The van der Waals surface area contributed by atoms with Crippen LogP contribution in [-0.4, -0.2) is 32.1 Å². The van der Waals surface area contributed by atoms with Gasteiger partial charge in [0.05, 0.1) is 7.05 Å². The number of amides is 1. The minimum Gasteiger partial charge on any atom is -0.488 e. The summed E-state index contributed by atoms with van der Waals surface area (Å²) in [6, 6.07) is 20.0. The second-order valence-electron chi connectivity index (χ2n) is 6.38. The van der Waals surface area contributed by atoms with Gasteiger partial charge in [0.1, 0.15) is 18.9 Å². The number of nitrogens with one attached hydrogen (secondary N) is 2. The van der Waals surface area contributed by atoms with Crippen molar-refractivity contribution in [2.24, 2.45) is 0 Å². The van der Waals surface area contributed by atoms with Gasteiger partial charge in [0, 0.05) is 11.6 Å². The van der Waals surface area contributed by atoms with E-state index in [1.165, 1.54) is 0 Å².